The van der Waals surface area contributed by atoms with Gasteiger partial charge in [-0.3, -0.25) is 9.78 Å². The second kappa shape index (κ2) is 6.34. The predicted molar refractivity (Wildman–Crippen MR) is 111 cm³/mol. The zero-order chi connectivity index (χ0) is 19.3. The van der Waals surface area contributed by atoms with Crippen molar-refractivity contribution >= 4 is 16.5 Å². The molecule has 0 atom stereocenters. The Balaban J connectivity index is 1.71. The maximum atomic E-state index is 13.2. The summed E-state index contributed by atoms with van der Waals surface area (Å²) >= 11 is 0. The molecule has 0 bridgehead atoms. The van der Waals surface area contributed by atoms with Gasteiger partial charge in [0.1, 0.15) is 0 Å². The highest BCUT2D eigenvalue weighted by Gasteiger charge is 2.19. The van der Waals surface area contributed by atoms with Gasteiger partial charge < -0.3 is 9.47 Å². The minimum Gasteiger partial charge on any atom is -0.371 e. The molecule has 0 spiro atoms. The molecular formula is C22H21N5O. The van der Waals surface area contributed by atoms with Crippen molar-refractivity contribution in [2.45, 2.75) is 20.3 Å². The number of rotatable bonds is 3. The highest BCUT2D eigenvalue weighted by Crippen LogP contribution is 2.29. The molecule has 6 heteroatoms. The summed E-state index contributed by atoms with van der Waals surface area (Å²) < 4.78 is 3.58. The molecule has 1 aliphatic heterocycles. The second-order valence-electron chi connectivity index (χ2n) is 7.23. The van der Waals surface area contributed by atoms with E-state index in [9.17, 15) is 4.79 Å². The SMILES string of the molecule is Cc1c2cnn(-c3cccnc3)c(=O)c2c(C)n1-c1cccc(N2CCC2)c1. The lowest BCUT2D eigenvalue weighted by Gasteiger charge is -2.33. The van der Waals surface area contributed by atoms with Crippen molar-refractivity contribution in [3.8, 4) is 11.4 Å². The van der Waals surface area contributed by atoms with Crippen LogP contribution in [0.3, 0.4) is 0 Å². The summed E-state index contributed by atoms with van der Waals surface area (Å²) in [6.45, 7) is 6.26. The Kier molecular flexibility index (Phi) is 3.79. The third-order valence-corrected chi connectivity index (χ3v) is 5.60. The van der Waals surface area contributed by atoms with Gasteiger partial charge in [0.2, 0.25) is 0 Å². The number of pyridine rings is 1. The number of fused-ring (bicyclic) bond motifs is 1. The first-order valence-electron chi connectivity index (χ1n) is 9.51. The van der Waals surface area contributed by atoms with Crippen LogP contribution in [0, 0.1) is 13.8 Å². The van der Waals surface area contributed by atoms with E-state index in [0.29, 0.717) is 11.1 Å². The maximum Gasteiger partial charge on any atom is 0.281 e. The molecule has 1 saturated heterocycles. The Labute approximate surface area is 162 Å². The molecule has 140 valence electrons. The van der Waals surface area contributed by atoms with Crippen LogP contribution in [-0.4, -0.2) is 32.4 Å². The van der Waals surface area contributed by atoms with Crippen LogP contribution in [0.1, 0.15) is 17.8 Å². The molecule has 28 heavy (non-hydrogen) atoms. The van der Waals surface area contributed by atoms with Crippen molar-refractivity contribution in [3.63, 3.8) is 0 Å². The average molecular weight is 371 g/mol. The summed E-state index contributed by atoms with van der Waals surface area (Å²) in [5, 5.41) is 5.98. The first-order chi connectivity index (χ1) is 13.6. The molecule has 0 N–H and O–H groups in total. The van der Waals surface area contributed by atoms with Gasteiger partial charge in [-0.05, 0) is 50.6 Å². The zero-order valence-electron chi connectivity index (χ0n) is 16.0. The summed E-state index contributed by atoms with van der Waals surface area (Å²) in [4.78, 5) is 19.7. The number of hydrogen-bond donors (Lipinski definition) is 0. The van der Waals surface area contributed by atoms with E-state index in [1.807, 2.05) is 19.9 Å². The average Bonchev–Trinajstić information content (AvgIpc) is 2.93. The topological polar surface area (TPSA) is 56.0 Å². The lowest BCUT2D eigenvalue weighted by molar-refractivity contribution is 0.617. The van der Waals surface area contributed by atoms with Crippen molar-refractivity contribution < 1.29 is 0 Å². The number of aryl methyl sites for hydroxylation is 2. The quantitative estimate of drug-likeness (QED) is 0.554. The number of nitrogens with zero attached hydrogens (tertiary/aromatic N) is 5. The normalized spacial score (nSPS) is 13.7. The molecule has 1 aliphatic rings. The number of hydrogen-bond acceptors (Lipinski definition) is 4. The van der Waals surface area contributed by atoms with Crippen LogP contribution in [0.15, 0.2) is 59.8 Å². The number of aromatic nitrogens is 4. The molecule has 3 aromatic heterocycles. The maximum absolute atomic E-state index is 13.2. The Bertz CT molecular complexity index is 1240. The fourth-order valence-electron chi connectivity index (χ4n) is 4.01. The smallest absolute Gasteiger partial charge is 0.281 e. The second-order valence-corrected chi connectivity index (χ2v) is 7.23. The summed E-state index contributed by atoms with van der Waals surface area (Å²) in [5.41, 5.74) is 4.80. The molecule has 0 unspecified atom stereocenters. The van der Waals surface area contributed by atoms with E-state index in [1.54, 1.807) is 24.7 Å². The summed E-state index contributed by atoms with van der Waals surface area (Å²) in [6, 6.07) is 12.2. The van der Waals surface area contributed by atoms with Crippen LogP contribution in [0.5, 0.6) is 0 Å². The van der Waals surface area contributed by atoms with E-state index < -0.39 is 0 Å². The Hall–Kier alpha value is -3.41. The molecule has 0 amide bonds. The lowest BCUT2D eigenvalue weighted by atomic mass is 10.1. The van der Waals surface area contributed by atoms with E-state index in [-0.39, 0.29) is 5.56 Å². The van der Waals surface area contributed by atoms with Crippen molar-refractivity contribution in [2.24, 2.45) is 0 Å². The van der Waals surface area contributed by atoms with E-state index in [0.717, 1.165) is 35.6 Å². The molecule has 6 nitrogen and oxygen atoms in total. The van der Waals surface area contributed by atoms with Crippen molar-refractivity contribution in [1.82, 2.24) is 19.3 Å². The highest BCUT2D eigenvalue weighted by molar-refractivity contribution is 5.88. The van der Waals surface area contributed by atoms with E-state index in [2.05, 4.69) is 43.8 Å². The monoisotopic (exact) mass is 371 g/mol. The molecule has 1 aromatic carbocycles. The van der Waals surface area contributed by atoms with E-state index in [1.165, 1.54) is 16.8 Å². The van der Waals surface area contributed by atoms with Gasteiger partial charge in [-0.25, -0.2) is 0 Å². The highest BCUT2D eigenvalue weighted by atomic mass is 16.1. The number of benzene rings is 1. The van der Waals surface area contributed by atoms with Gasteiger partial charge in [-0.2, -0.15) is 9.78 Å². The standard InChI is InChI=1S/C22H21N5O/c1-15-20-14-24-27(19-8-4-9-23-13-19)22(28)21(20)16(2)26(15)18-7-3-6-17(12-18)25-10-5-11-25/h3-4,6-9,12-14H,5,10-11H2,1-2H3. The zero-order valence-corrected chi connectivity index (χ0v) is 16.0. The molecular weight excluding hydrogens is 350 g/mol. The van der Waals surface area contributed by atoms with Crippen LogP contribution in [-0.2, 0) is 0 Å². The first-order valence-corrected chi connectivity index (χ1v) is 9.51. The Morgan fingerprint density at radius 1 is 0.929 bits per heavy atom. The van der Waals surface area contributed by atoms with Crippen molar-refractivity contribution in [1.29, 1.82) is 0 Å². The molecule has 0 aliphatic carbocycles. The van der Waals surface area contributed by atoms with Crippen LogP contribution in [0.25, 0.3) is 22.1 Å². The first kappa shape index (κ1) is 16.7. The van der Waals surface area contributed by atoms with Crippen LogP contribution < -0.4 is 10.5 Å². The Morgan fingerprint density at radius 2 is 1.71 bits per heavy atom. The van der Waals surface area contributed by atoms with Crippen LogP contribution in [0.4, 0.5) is 5.69 Å². The summed E-state index contributed by atoms with van der Waals surface area (Å²) in [7, 11) is 0. The third-order valence-electron chi connectivity index (χ3n) is 5.60. The molecule has 4 heterocycles. The Morgan fingerprint density at radius 3 is 2.43 bits per heavy atom. The van der Waals surface area contributed by atoms with Gasteiger partial charge in [0.05, 0.1) is 23.5 Å². The van der Waals surface area contributed by atoms with Crippen molar-refractivity contribution in [2.75, 3.05) is 18.0 Å². The molecule has 5 rings (SSSR count). The van der Waals surface area contributed by atoms with Gasteiger partial charge >= 0.3 is 0 Å². The fourth-order valence-corrected chi connectivity index (χ4v) is 4.01. The minimum atomic E-state index is -0.122. The van der Waals surface area contributed by atoms with E-state index >= 15 is 0 Å². The summed E-state index contributed by atoms with van der Waals surface area (Å²) in [5.74, 6) is 0. The van der Waals surface area contributed by atoms with Crippen LogP contribution in [0.2, 0.25) is 0 Å². The van der Waals surface area contributed by atoms with Gasteiger partial charge in [0, 0.05) is 47.4 Å². The largest absolute Gasteiger partial charge is 0.371 e. The van der Waals surface area contributed by atoms with Gasteiger partial charge in [-0.1, -0.05) is 6.07 Å². The lowest BCUT2D eigenvalue weighted by Crippen LogP contribution is -2.36. The fraction of sp³-hybridized carbons (Fsp3) is 0.227. The molecule has 4 aromatic rings. The summed E-state index contributed by atoms with van der Waals surface area (Å²) in [6.07, 6.45) is 6.36. The molecule has 0 radical (unpaired) electrons. The van der Waals surface area contributed by atoms with Gasteiger partial charge in [0.15, 0.2) is 0 Å². The van der Waals surface area contributed by atoms with Crippen LogP contribution >= 0.6 is 0 Å². The van der Waals surface area contributed by atoms with E-state index in [4.69, 9.17) is 0 Å². The minimum absolute atomic E-state index is 0.122. The third kappa shape index (κ3) is 2.45. The molecule has 1 fully saturated rings. The predicted octanol–water partition coefficient (Wildman–Crippen LogP) is 3.40. The number of anilines is 1. The van der Waals surface area contributed by atoms with Gasteiger partial charge in [0.25, 0.3) is 5.56 Å². The molecule has 0 saturated carbocycles. The van der Waals surface area contributed by atoms with Crippen molar-refractivity contribution in [3.05, 3.63) is 76.7 Å². The van der Waals surface area contributed by atoms with Gasteiger partial charge in [-0.15, -0.1) is 0 Å².